The van der Waals surface area contributed by atoms with Gasteiger partial charge >= 0.3 is 11.9 Å². The Labute approximate surface area is 607 Å². The average Bonchev–Trinajstić information content (AvgIpc) is 1.41. The van der Waals surface area contributed by atoms with Crippen LogP contribution in [0.5, 0.6) is 0 Å². The van der Waals surface area contributed by atoms with Crippen LogP contribution < -0.4 is 4.89 Å². The van der Waals surface area contributed by atoms with Crippen molar-refractivity contribution < 1.29 is 42.1 Å². The zero-order valence-electron chi connectivity index (χ0n) is 66.3. The summed E-state index contributed by atoms with van der Waals surface area (Å²) in [5, 5.41) is 0. The minimum absolute atomic E-state index is 0.0253. The molecule has 0 N–H and O–H groups in total. The van der Waals surface area contributed by atoms with Crippen LogP contribution in [0, 0.1) is 0 Å². The van der Waals surface area contributed by atoms with E-state index in [-0.39, 0.29) is 32.0 Å². The molecule has 578 valence electrons. The Kier molecular flexibility index (Phi) is 77.9. The number of esters is 2. The first-order valence-electron chi connectivity index (χ1n) is 43.9. The normalized spacial score (nSPS) is 12.9. The molecule has 0 bridgehead atoms. The van der Waals surface area contributed by atoms with Gasteiger partial charge in [0.2, 0.25) is 0 Å². The number of hydrogen-bond acceptors (Lipinski definition) is 8. The third-order valence-electron chi connectivity index (χ3n) is 20.5. The maximum absolute atomic E-state index is 12.9. The summed E-state index contributed by atoms with van der Waals surface area (Å²) in [7, 11) is 1.20. The van der Waals surface area contributed by atoms with Gasteiger partial charge in [-0.3, -0.25) is 14.2 Å². The number of hydrogen-bond donors (Lipinski definition) is 0. The fourth-order valence-corrected chi connectivity index (χ4v) is 14.6. The maximum atomic E-state index is 12.9. The number of rotatable bonds is 84. The van der Waals surface area contributed by atoms with Crippen molar-refractivity contribution in [3.63, 3.8) is 0 Å². The van der Waals surface area contributed by atoms with E-state index in [4.69, 9.17) is 18.5 Å². The number of carbonyl (C=O) groups is 2. The second-order valence-corrected chi connectivity index (χ2v) is 33.0. The Morgan fingerprint density at radius 1 is 0.309 bits per heavy atom. The van der Waals surface area contributed by atoms with Crippen molar-refractivity contribution in [2.24, 2.45) is 0 Å². The molecule has 0 amide bonds. The van der Waals surface area contributed by atoms with Gasteiger partial charge in [-0.2, -0.15) is 0 Å². The van der Waals surface area contributed by atoms with E-state index in [2.05, 4.69) is 26.0 Å². The summed E-state index contributed by atoms with van der Waals surface area (Å²) in [5.74, 6) is -0.800. The fourth-order valence-electron chi connectivity index (χ4n) is 13.8. The van der Waals surface area contributed by atoms with Crippen molar-refractivity contribution in [3.8, 4) is 0 Å². The molecule has 0 saturated carbocycles. The van der Waals surface area contributed by atoms with Gasteiger partial charge in [-0.05, 0) is 38.5 Å². The molecule has 0 spiro atoms. The first-order chi connectivity index (χ1) is 47.5. The Hall–Kier alpha value is -1.25. The third kappa shape index (κ3) is 83.6. The minimum atomic E-state index is -4.64. The first-order valence-corrected chi connectivity index (χ1v) is 45.4. The number of carbonyl (C=O) groups excluding carboxylic acids is 2. The number of phosphoric ester groups is 1. The van der Waals surface area contributed by atoms with E-state index >= 15 is 0 Å². The van der Waals surface area contributed by atoms with E-state index < -0.39 is 26.5 Å². The molecule has 0 rings (SSSR count). The summed E-state index contributed by atoms with van der Waals surface area (Å²) < 4.78 is 34.5. The van der Waals surface area contributed by atoms with E-state index in [9.17, 15) is 19.0 Å². The van der Waals surface area contributed by atoms with Crippen LogP contribution in [0.15, 0.2) is 12.2 Å². The summed E-state index contributed by atoms with van der Waals surface area (Å²) in [6.45, 7) is 4.35. The Morgan fingerprint density at radius 2 is 0.526 bits per heavy atom. The Bertz CT molecular complexity index is 1640. The van der Waals surface area contributed by atoms with Gasteiger partial charge in [0.25, 0.3) is 7.82 Å². The third-order valence-corrected chi connectivity index (χ3v) is 21.5. The molecule has 0 aromatic heterocycles. The highest BCUT2D eigenvalue weighted by Gasteiger charge is 2.22. The second kappa shape index (κ2) is 78.9. The lowest BCUT2D eigenvalue weighted by Crippen LogP contribution is -2.37. The molecule has 0 aliphatic carbocycles. The summed E-state index contributed by atoms with van der Waals surface area (Å²) in [4.78, 5) is 38.2. The highest BCUT2D eigenvalue weighted by atomic mass is 31.2. The number of allylic oxidation sites excluding steroid dienone is 2. The molecule has 0 aliphatic rings. The van der Waals surface area contributed by atoms with Crippen LogP contribution in [-0.2, 0) is 32.7 Å². The molecule has 0 radical (unpaired) electrons. The topological polar surface area (TPSA) is 111 Å². The van der Waals surface area contributed by atoms with Crippen molar-refractivity contribution in [2.75, 3.05) is 47.5 Å². The number of unbranched alkanes of at least 4 members (excludes halogenated alkanes) is 68. The lowest BCUT2D eigenvalue weighted by Gasteiger charge is -2.28. The Balaban J connectivity index is 3.84. The first kappa shape index (κ1) is 95.8. The van der Waals surface area contributed by atoms with E-state index in [0.29, 0.717) is 17.4 Å². The molecule has 0 saturated heterocycles. The zero-order valence-corrected chi connectivity index (χ0v) is 67.2. The van der Waals surface area contributed by atoms with Gasteiger partial charge in [0.1, 0.15) is 19.8 Å². The molecular formula is C87H172NO8P. The van der Waals surface area contributed by atoms with Crippen LogP contribution in [0.1, 0.15) is 483 Å². The monoisotopic (exact) mass is 1390 g/mol. The van der Waals surface area contributed by atoms with Gasteiger partial charge < -0.3 is 27.9 Å². The Morgan fingerprint density at radius 3 is 0.763 bits per heavy atom. The van der Waals surface area contributed by atoms with Gasteiger partial charge in [0.05, 0.1) is 27.7 Å². The standard InChI is InChI=1S/C87H172NO8P/c1-6-8-10-12-14-16-18-20-22-24-26-28-30-32-34-36-38-40-42-44-46-48-50-52-54-56-58-60-62-64-66-68-70-72-74-76-78-80-87(90)96-85(84-95-97(91,92)94-82-81-88(3,4)5)83-93-86(89)79-77-75-73-71-69-67-65-63-61-59-57-55-53-51-49-47-45-43-41-39-37-35-33-31-29-27-25-23-21-19-17-15-13-11-9-7-2/h24,26,85H,6-23,25,27-84H2,1-5H3/b26-24-. The van der Waals surface area contributed by atoms with Crippen molar-refractivity contribution in [2.45, 2.75) is 489 Å². The quantitative estimate of drug-likeness (QED) is 0.0195. The molecule has 0 aromatic carbocycles. The molecule has 0 aliphatic heterocycles. The van der Waals surface area contributed by atoms with Crippen molar-refractivity contribution in [1.29, 1.82) is 0 Å². The molecule has 2 atom stereocenters. The minimum Gasteiger partial charge on any atom is -0.756 e. The highest BCUT2D eigenvalue weighted by Crippen LogP contribution is 2.38. The average molecular weight is 1390 g/mol. The van der Waals surface area contributed by atoms with Crippen molar-refractivity contribution in [1.82, 2.24) is 0 Å². The summed E-state index contributed by atoms with van der Waals surface area (Å²) in [6.07, 6.45) is 101. The van der Waals surface area contributed by atoms with E-state index in [1.54, 1.807) is 0 Å². The molecule has 0 fully saturated rings. The van der Waals surface area contributed by atoms with Gasteiger partial charge in [-0.15, -0.1) is 0 Å². The van der Waals surface area contributed by atoms with Crippen LogP contribution in [0.4, 0.5) is 0 Å². The van der Waals surface area contributed by atoms with E-state index in [1.165, 1.54) is 417 Å². The molecular weight excluding hydrogens is 1220 g/mol. The summed E-state index contributed by atoms with van der Waals surface area (Å²) in [5.41, 5.74) is 0. The lowest BCUT2D eigenvalue weighted by molar-refractivity contribution is -0.870. The zero-order chi connectivity index (χ0) is 70.4. The molecule has 0 aromatic rings. The van der Waals surface area contributed by atoms with Crippen molar-refractivity contribution in [3.05, 3.63) is 12.2 Å². The number of likely N-dealkylation sites (N-methyl/N-ethyl adjacent to an activating group) is 1. The predicted molar refractivity (Wildman–Crippen MR) is 421 cm³/mol. The molecule has 9 nitrogen and oxygen atoms in total. The summed E-state index contributed by atoms with van der Waals surface area (Å²) >= 11 is 0. The van der Waals surface area contributed by atoms with E-state index in [0.717, 1.165) is 32.1 Å². The predicted octanol–water partition coefficient (Wildman–Crippen LogP) is 28.7. The van der Waals surface area contributed by atoms with Crippen LogP contribution in [0.3, 0.4) is 0 Å². The van der Waals surface area contributed by atoms with Crippen LogP contribution in [0.25, 0.3) is 0 Å². The van der Waals surface area contributed by atoms with Gasteiger partial charge in [-0.1, -0.05) is 443 Å². The molecule has 0 heterocycles. The molecule has 97 heavy (non-hydrogen) atoms. The molecule has 2 unspecified atom stereocenters. The SMILES string of the molecule is CCCCCCCCCC/C=C\CCCCCCCCCCCCCCCCCCCCCCCCCCCC(=O)OC(COC(=O)CCCCCCCCCCCCCCCCCCCCCCCCCCCCCCCCCCCCCC)COP(=O)([O-])OCC[N+](C)(C)C. The van der Waals surface area contributed by atoms with Gasteiger partial charge in [-0.25, -0.2) is 0 Å². The van der Waals surface area contributed by atoms with Crippen LogP contribution in [-0.4, -0.2) is 70.0 Å². The molecule has 10 heteroatoms. The number of phosphoric acid groups is 1. The lowest BCUT2D eigenvalue weighted by atomic mass is 10.0. The van der Waals surface area contributed by atoms with Gasteiger partial charge in [0, 0.05) is 12.8 Å². The number of nitrogens with zero attached hydrogens (tertiary/aromatic N) is 1. The smallest absolute Gasteiger partial charge is 0.306 e. The van der Waals surface area contributed by atoms with Crippen LogP contribution in [0.2, 0.25) is 0 Å². The summed E-state index contributed by atoms with van der Waals surface area (Å²) in [6, 6.07) is 0. The largest absolute Gasteiger partial charge is 0.756 e. The van der Waals surface area contributed by atoms with Crippen LogP contribution >= 0.6 is 7.82 Å². The van der Waals surface area contributed by atoms with E-state index in [1.807, 2.05) is 21.1 Å². The fraction of sp³-hybridized carbons (Fsp3) is 0.954. The number of ether oxygens (including phenoxy) is 2. The highest BCUT2D eigenvalue weighted by molar-refractivity contribution is 7.45. The maximum Gasteiger partial charge on any atom is 0.306 e. The number of quaternary nitrogens is 1. The van der Waals surface area contributed by atoms with Gasteiger partial charge in [0.15, 0.2) is 6.10 Å². The second-order valence-electron chi connectivity index (χ2n) is 31.6. The van der Waals surface area contributed by atoms with Crippen molar-refractivity contribution >= 4 is 19.8 Å².